The molecule has 0 radical (unpaired) electrons. The number of nitrogens with zero attached hydrogens (tertiary/aromatic N) is 2. The van der Waals surface area contributed by atoms with Crippen LogP contribution in [0.4, 0.5) is 18.9 Å². The summed E-state index contributed by atoms with van der Waals surface area (Å²) in [5, 5.41) is 0. The van der Waals surface area contributed by atoms with Gasteiger partial charge in [-0.05, 0) is 0 Å². The van der Waals surface area contributed by atoms with Crippen molar-refractivity contribution < 1.29 is 13.2 Å². The van der Waals surface area contributed by atoms with Crippen molar-refractivity contribution in [3.8, 4) is 0 Å². The van der Waals surface area contributed by atoms with Crippen LogP contribution in [0.15, 0.2) is 15.8 Å². The van der Waals surface area contributed by atoms with Crippen molar-refractivity contribution in [2.75, 3.05) is 5.73 Å². The Bertz CT molecular complexity index is 466. The highest BCUT2D eigenvalue weighted by atomic mass is 19.4. The summed E-state index contributed by atoms with van der Waals surface area (Å²) in [7, 11) is 1.31. The van der Waals surface area contributed by atoms with E-state index in [0.29, 0.717) is 4.57 Å². The second kappa shape index (κ2) is 4.03. The zero-order chi connectivity index (χ0) is 12.5. The van der Waals surface area contributed by atoms with E-state index in [1.54, 1.807) is 0 Å². The van der Waals surface area contributed by atoms with E-state index in [-0.39, 0.29) is 5.69 Å². The topological polar surface area (TPSA) is 70.0 Å². The smallest absolute Gasteiger partial charge is 0.390 e. The summed E-state index contributed by atoms with van der Waals surface area (Å²) in [6.07, 6.45) is -4.59. The monoisotopic (exact) mass is 237 g/mol. The van der Waals surface area contributed by atoms with Crippen molar-refractivity contribution in [2.24, 2.45) is 7.05 Å². The van der Waals surface area contributed by atoms with Crippen molar-refractivity contribution in [2.45, 2.75) is 19.1 Å². The Kier molecular flexibility index (Phi) is 3.11. The van der Waals surface area contributed by atoms with Crippen LogP contribution >= 0.6 is 0 Å². The molecule has 0 aliphatic carbocycles. The Morgan fingerprint density at radius 3 is 2.44 bits per heavy atom. The standard InChI is InChI=1S/C8H10F3N3O2/c1-13-4-5(12)6(15)14(7(13)16)3-2-8(9,10)11/h4H,2-3,12H2,1H3. The molecule has 0 saturated carbocycles. The van der Waals surface area contributed by atoms with E-state index < -0.39 is 30.4 Å². The Labute approximate surface area is 87.9 Å². The number of aryl methyl sites for hydroxylation is 1. The molecule has 8 heteroatoms. The third-order valence-electron chi connectivity index (χ3n) is 1.98. The van der Waals surface area contributed by atoms with Gasteiger partial charge in [0.15, 0.2) is 0 Å². The molecule has 0 atom stereocenters. The van der Waals surface area contributed by atoms with Crippen LogP contribution in [0, 0.1) is 0 Å². The van der Waals surface area contributed by atoms with Gasteiger partial charge in [0.05, 0.1) is 6.42 Å². The number of nitrogen functional groups attached to an aromatic ring is 1. The van der Waals surface area contributed by atoms with Gasteiger partial charge in [0.2, 0.25) is 0 Å². The molecule has 0 saturated heterocycles. The Morgan fingerprint density at radius 1 is 1.38 bits per heavy atom. The molecule has 0 fully saturated rings. The Morgan fingerprint density at radius 2 is 1.94 bits per heavy atom. The minimum Gasteiger partial charge on any atom is -0.393 e. The molecule has 0 aliphatic rings. The number of nitrogens with two attached hydrogens (primary N) is 1. The fourth-order valence-corrected chi connectivity index (χ4v) is 1.19. The molecule has 90 valence electrons. The fraction of sp³-hybridized carbons (Fsp3) is 0.500. The molecule has 1 rings (SSSR count). The van der Waals surface area contributed by atoms with Crippen LogP contribution in [-0.2, 0) is 13.6 Å². The number of rotatable bonds is 2. The predicted octanol–water partition coefficient (Wildman–Crippen LogP) is 0.0816. The van der Waals surface area contributed by atoms with Gasteiger partial charge < -0.3 is 10.3 Å². The first-order chi connectivity index (χ1) is 7.22. The molecule has 1 heterocycles. The van der Waals surface area contributed by atoms with Gasteiger partial charge in [-0.3, -0.25) is 9.36 Å². The van der Waals surface area contributed by atoms with Gasteiger partial charge in [-0.15, -0.1) is 0 Å². The van der Waals surface area contributed by atoms with Crippen molar-refractivity contribution in [3.63, 3.8) is 0 Å². The molecule has 0 unspecified atom stereocenters. The zero-order valence-corrected chi connectivity index (χ0v) is 8.41. The summed E-state index contributed by atoms with van der Waals surface area (Å²) in [5.74, 6) is 0. The quantitative estimate of drug-likeness (QED) is 0.792. The van der Waals surface area contributed by atoms with E-state index in [1.165, 1.54) is 7.05 Å². The highest BCUT2D eigenvalue weighted by molar-refractivity contribution is 5.30. The summed E-state index contributed by atoms with van der Waals surface area (Å²) >= 11 is 0. The summed E-state index contributed by atoms with van der Waals surface area (Å²) in [6, 6.07) is 0. The lowest BCUT2D eigenvalue weighted by molar-refractivity contribution is -0.137. The minimum atomic E-state index is -4.42. The SMILES string of the molecule is Cn1cc(N)c(=O)n(CCC(F)(F)F)c1=O. The van der Waals surface area contributed by atoms with Crippen LogP contribution in [-0.4, -0.2) is 15.3 Å². The van der Waals surface area contributed by atoms with Crippen LogP contribution in [0.2, 0.25) is 0 Å². The number of anilines is 1. The molecule has 2 N–H and O–H groups in total. The number of hydrogen-bond donors (Lipinski definition) is 1. The zero-order valence-electron chi connectivity index (χ0n) is 8.41. The molecule has 1 aromatic rings. The van der Waals surface area contributed by atoms with Gasteiger partial charge in [-0.1, -0.05) is 0 Å². The van der Waals surface area contributed by atoms with E-state index in [0.717, 1.165) is 10.8 Å². The third kappa shape index (κ3) is 2.65. The van der Waals surface area contributed by atoms with Crippen LogP contribution in [0.25, 0.3) is 0 Å². The van der Waals surface area contributed by atoms with Crippen molar-refractivity contribution >= 4 is 5.69 Å². The molecule has 5 nitrogen and oxygen atoms in total. The van der Waals surface area contributed by atoms with E-state index in [1.807, 2.05) is 0 Å². The fourth-order valence-electron chi connectivity index (χ4n) is 1.19. The first-order valence-electron chi connectivity index (χ1n) is 4.35. The van der Waals surface area contributed by atoms with Crippen LogP contribution in [0.5, 0.6) is 0 Å². The summed E-state index contributed by atoms with van der Waals surface area (Å²) in [4.78, 5) is 22.7. The summed E-state index contributed by atoms with van der Waals surface area (Å²) in [6.45, 7) is -0.722. The highest BCUT2D eigenvalue weighted by Gasteiger charge is 2.27. The maximum Gasteiger partial charge on any atom is 0.390 e. The molecule has 16 heavy (non-hydrogen) atoms. The first kappa shape index (κ1) is 12.3. The lowest BCUT2D eigenvalue weighted by atomic mass is 10.4. The van der Waals surface area contributed by atoms with Gasteiger partial charge in [-0.2, -0.15) is 13.2 Å². The second-order valence-corrected chi connectivity index (χ2v) is 3.30. The van der Waals surface area contributed by atoms with Crippen LogP contribution < -0.4 is 17.0 Å². The van der Waals surface area contributed by atoms with E-state index in [2.05, 4.69) is 0 Å². The van der Waals surface area contributed by atoms with Gasteiger partial charge in [0.25, 0.3) is 5.56 Å². The number of aromatic nitrogens is 2. The summed E-state index contributed by atoms with van der Waals surface area (Å²) in [5.41, 5.74) is 3.28. The van der Waals surface area contributed by atoms with Crippen LogP contribution in [0.1, 0.15) is 6.42 Å². The number of hydrogen-bond acceptors (Lipinski definition) is 3. The molecule has 0 amide bonds. The van der Waals surface area contributed by atoms with Gasteiger partial charge in [0, 0.05) is 19.8 Å². The lowest BCUT2D eigenvalue weighted by Gasteiger charge is -2.09. The molecule has 1 aromatic heterocycles. The molecular weight excluding hydrogens is 227 g/mol. The third-order valence-corrected chi connectivity index (χ3v) is 1.98. The van der Waals surface area contributed by atoms with Crippen molar-refractivity contribution in [1.82, 2.24) is 9.13 Å². The van der Waals surface area contributed by atoms with E-state index in [4.69, 9.17) is 5.73 Å². The van der Waals surface area contributed by atoms with E-state index in [9.17, 15) is 22.8 Å². The van der Waals surface area contributed by atoms with Crippen LogP contribution in [0.3, 0.4) is 0 Å². The first-order valence-corrected chi connectivity index (χ1v) is 4.35. The van der Waals surface area contributed by atoms with Gasteiger partial charge in [0.1, 0.15) is 5.69 Å². The molecular formula is C8H10F3N3O2. The predicted molar refractivity (Wildman–Crippen MR) is 51.0 cm³/mol. The van der Waals surface area contributed by atoms with Gasteiger partial charge in [-0.25, -0.2) is 4.79 Å². The number of halogens is 3. The van der Waals surface area contributed by atoms with E-state index >= 15 is 0 Å². The average Bonchev–Trinajstić information content (AvgIpc) is 2.13. The second-order valence-electron chi connectivity index (χ2n) is 3.30. The van der Waals surface area contributed by atoms with Gasteiger partial charge >= 0.3 is 11.9 Å². The molecule has 0 aromatic carbocycles. The Balaban J connectivity index is 3.14. The van der Waals surface area contributed by atoms with Crippen molar-refractivity contribution in [1.29, 1.82) is 0 Å². The maximum atomic E-state index is 12.0. The summed E-state index contributed by atoms with van der Waals surface area (Å²) < 4.78 is 37.3. The maximum absolute atomic E-state index is 12.0. The Hall–Kier alpha value is -1.73. The molecule has 0 bridgehead atoms. The normalized spacial score (nSPS) is 11.8. The average molecular weight is 237 g/mol. The molecule has 0 aliphatic heterocycles. The minimum absolute atomic E-state index is 0.260. The lowest BCUT2D eigenvalue weighted by Crippen LogP contribution is -2.40. The number of alkyl halides is 3. The largest absolute Gasteiger partial charge is 0.393 e. The van der Waals surface area contributed by atoms with Crippen molar-refractivity contribution in [3.05, 3.63) is 27.0 Å². The highest BCUT2D eigenvalue weighted by Crippen LogP contribution is 2.19. The molecule has 0 spiro atoms.